The van der Waals surface area contributed by atoms with Gasteiger partial charge in [0.25, 0.3) is 6.02 Å². The van der Waals surface area contributed by atoms with E-state index in [2.05, 4.69) is 4.99 Å². The molecule has 0 radical (unpaired) electrons. The summed E-state index contributed by atoms with van der Waals surface area (Å²) in [6.07, 6.45) is -0.190. The number of rotatable bonds is 3. The average molecular weight is 222 g/mol. The number of benzene rings is 1. The lowest BCUT2D eigenvalue weighted by Crippen LogP contribution is -2.13. The molecule has 16 heavy (non-hydrogen) atoms. The van der Waals surface area contributed by atoms with Crippen LogP contribution in [0.5, 0.6) is 11.5 Å². The Morgan fingerprint density at radius 3 is 2.75 bits per heavy atom. The number of hydrogen-bond acceptors (Lipinski definition) is 5. The number of nitrogens with zero attached hydrogens (tertiary/aromatic N) is 1. The number of ether oxygens (including phenoxy) is 3. The molecule has 0 saturated heterocycles. The third-order valence-electron chi connectivity index (χ3n) is 2.46. The van der Waals surface area contributed by atoms with Gasteiger partial charge in [-0.3, -0.25) is 0 Å². The van der Waals surface area contributed by atoms with Crippen molar-refractivity contribution in [2.24, 2.45) is 10.7 Å². The Balaban J connectivity index is 2.33. The topological polar surface area (TPSA) is 66.1 Å². The number of methoxy groups -OCH3 is 2. The zero-order valence-electron chi connectivity index (χ0n) is 9.27. The summed E-state index contributed by atoms with van der Waals surface area (Å²) in [6.45, 7) is 0.509. The van der Waals surface area contributed by atoms with Gasteiger partial charge in [0.1, 0.15) is 0 Å². The molecule has 86 valence electrons. The number of amidine groups is 1. The zero-order valence-corrected chi connectivity index (χ0v) is 9.27. The summed E-state index contributed by atoms with van der Waals surface area (Å²) in [5.41, 5.74) is 6.37. The quantitative estimate of drug-likeness (QED) is 0.831. The molecule has 0 spiro atoms. The van der Waals surface area contributed by atoms with Crippen molar-refractivity contribution in [2.75, 3.05) is 20.8 Å². The molecule has 0 aliphatic carbocycles. The molecular formula is C11H14N2O3. The maximum atomic E-state index is 5.48. The summed E-state index contributed by atoms with van der Waals surface area (Å²) in [6, 6.07) is 5.85. The van der Waals surface area contributed by atoms with Gasteiger partial charge in [0, 0.05) is 5.56 Å². The maximum Gasteiger partial charge on any atom is 0.282 e. The molecule has 0 aromatic heterocycles. The molecule has 0 saturated carbocycles. The molecule has 2 rings (SSSR count). The number of aliphatic imine (C=N–C) groups is 1. The van der Waals surface area contributed by atoms with Gasteiger partial charge in [-0.15, -0.1) is 0 Å². The molecule has 1 unspecified atom stereocenters. The summed E-state index contributed by atoms with van der Waals surface area (Å²) in [5.74, 6) is 1.34. The van der Waals surface area contributed by atoms with Crippen LogP contribution in [0.1, 0.15) is 11.7 Å². The van der Waals surface area contributed by atoms with Crippen molar-refractivity contribution >= 4 is 6.02 Å². The van der Waals surface area contributed by atoms with E-state index in [0.29, 0.717) is 18.0 Å². The summed E-state index contributed by atoms with van der Waals surface area (Å²) in [7, 11) is 3.20. The van der Waals surface area contributed by atoms with E-state index >= 15 is 0 Å². The molecule has 5 nitrogen and oxygen atoms in total. The van der Waals surface area contributed by atoms with Gasteiger partial charge in [0.2, 0.25) is 0 Å². The monoisotopic (exact) mass is 222 g/mol. The Bertz CT molecular complexity index is 418. The maximum absolute atomic E-state index is 5.48. The van der Waals surface area contributed by atoms with Crippen molar-refractivity contribution < 1.29 is 14.2 Å². The van der Waals surface area contributed by atoms with E-state index in [0.717, 1.165) is 5.56 Å². The van der Waals surface area contributed by atoms with Crippen LogP contribution in [0.4, 0.5) is 0 Å². The number of hydrogen-bond donors (Lipinski definition) is 1. The Labute approximate surface area is 93.8 Å². The van der Waals surface area contributed by atoms with Crippen LogP contribution in [0.2, 0.25) is 0 Å². The zero-order chi connectivity index (χ0) is 11.5. The lowest BCUT2D eigenvalue weighted by atomic mass is 10.1. The highest BCUT2D eigenvalue weighted by Gasteiger charge is 2.24. The van der Waals surface area contributed by atoms with Crippen molar-refractivity contribution in [1.82, 2.24) is 0 Å². The van der Waals surface area contributed by atoms with Gasteiger partial charge in [0.15, 0.2) is 17.6 Å². The lowest BCUT2D eigenvalue weighted by Gasteiger charge is -2.16. The van der Waals surface area contributed by atoms with E-state index in [1.807, 2.05) is 18.2 Å². The first kappa shape index (κ1) is 10.6. The average Bonchev–Trinajstić information content (AvgIpc) is 2.74. The lowest BCUT2D eigenvalue weighted by molar-refractivity contribution is 0.218. The van der Waals surface area contributed by atoms with Crippen LogP contribution in [-0.2, 0) is 4.74 Å². The van der Waals surface area contributed by atoms with E-state index < -0.39 is 0 Å². The fraction of sp³-hybridized carbons (Fsp3) is 0.364. The Morgan fingerprint density at radius 2 is 2.19 bits per heavy atom. The first-order chi connectivity index (χ1) is 7.76. The van der Waals surface area contributed by atoms with Crippen molar-refractivity contribution in [1.29, 1.82) is 0 Å². The molecule has 1 aromatic carbocycles. The van der Waals surface area contributed by atoms with E-state index in [1.165, 1.54) is 0 Å². The minimum absolute atomic E-state index is 0.190. The van der Waals surface area contributed by atoms with Gasteiger partial charge in [-0.05, 0) is 6.07 Å². The molecule has 1 aromatic rings. The van der Waals surface area contributed by atoms with Gasteiger partial charge in [-0.1, -0.05) is 12.1 Å². The summed E-state index contributed by atoms with van der Waals surface area (Å²) in [4.78, 5) is 4.00. The van der Waals surface area contributed by atoms with Crippen LogP contribution in [0.25, 0.3) is 0 Å². The van der Waals surface area contributed by atoms with E-state index in [1.54, 1.807) is 14.2 Å². The van der Waals surface area contributed by atoms with Crippen molar-refractivity contribution in [2.45, 2.75) is 6.10 Å². The second kappa shape index (κ2) is 4.30. The predicted molar refractivity (Wildman–Crippen MR) is 59.9 cm³/mol. The Kier molecular flexibility index (Phi) is 2.85. The van der Waals surface area contributed by atoms with Crippen LogP contribution in [-0.4, -0.2) is 26.8 Å². The standard InChI is InChI=1S/C11H14N2O3/c1-14-8-5-3-4-7(10(8)15-2)9-6-13-11(12)16-9/h3-5,9H,6H2,1-2H3,(H2,12,13). The largest absolute Gasteiger partial charge is 0.493 e. The fourth-order valence-corrected chi connectivity index (χ4v) is 1.72. The van der Waals surface area contributed by atoms with Crippen molar-refractivity contribution in [3.8, 4) is 11.5 Å². The van der Waals surface area contributed by atoms with E-state index in [9.17, 15) is 0 Å². The Morgan fingerprint density at radius 1 is 1.38 bits per heavy atom. The molecular weight excluding hydrogens is 208 g/mol. The van der Waals surface area contributed by atoms with Crippen LogP contribution in [0.3, 0.4) is 0 Å². The summed E-state index contributed by atoms with van der Waals surface area (Å²) >= 11 is 0. The van der Waals surface area contributed by atoms with Gasteiger partial charge in [0.05, 0.1) is 20.8 Å². The highest BCUT2D eigenvalue weighted by Crippen LogP contribution is 2.37. The van der Waals surface area contributed by atoms with Crippen LogP contribution in [0.15, 0.2) is 23.2 Å². The third-order valence-corrected chi connectivity index (χ3v) is 2.46. The second-order valence-electron chi connectivity index (χ2n) is 3.37. The van der Waals surface area contributed by atoms with Gasteiger partial charge < -0.3 is 19.9 Å². The smallest absolute Gasteiger partial charge is 0.282 e. The van der Waals surface area contributed by atoms with Gasteiger partial charge in [-0.2, -0.15) is 0 Å². The molecule has 5 heteroatoms. The van der Waals surface area contributed by atoms with E-state index in [-0.39, 0.29) is 12.1 Å². The molecule has 1 heterocycles. The SMILES string of the molecule is COc1cccc(C2CN=C(N)O2)c1OC. The van der Waals surface area contributed by atoms with Crippen molar-refractivity contribution in [3.63, 3.8) is 0 Å². The molecule has 0 fully saturated rings. The Hall–Kier alpha value is -1.91. The van der Waals surface area contributed by atoms with Crippen LogP contribution < -0.4 is 15.2 Å². The van der Waals surface area contributed by atoms with E-state index in [4.69, 9.17) is 19.9 Å². The molecule has 0 amide bonds. The minimum atomic E-state index is -0.190. The molecule has 2 N–H and O–H groups in total. The highest BCUT2D eigenvalue weighted by atomic mass is 16.5. The van der Waals surface area contributed by atoms with Crippen molar-refractivity contribution in [3.05, 3.63) is 23.8 Å². The first-order valence-electron chi connectivity index (χ1n) is 4.93. The second-order valence-corrected chi connectivity index (χ2v) is 3.37. The normalized spacial score (nSPS) is 18.9. The van der Waals surface area contributed by atoms with Gasteiger partial charge in [-0.25, -0.2) is 4.99 Å². The fourth-order valence-electron chi connectivity index (χ4n) is 1.72. The first-order valence-corrected chi connectivity index (χ1v) is 4.93. The highest BCUT2D eigenvalue weighted by molar-refractivity contribution is 5.73. The summed E-state index contributed by atoms with van der Waals surface area (Å²) in [5, 5.41) is 0. The number of nitrogens with two attached hydrogens (primary N) is 1. The molecule has 1 aliphatic rings. The summed E-state index contributed by atoms with van der Waals surface area (Å²) < 4.78 is 15.9. The third kappa shape index (κ3) is 1.76. The predicted octanol–water partition coefficient (Wildman–Crippen LogP) is 1.09. The molecule has 1 aliphatic heterocycles. The molecule has 1 atom stereocenters. The van der Waals surface area contributed by atoms with Crippen LogP contribution in [0, 0.1) is 0 Å². The molecule has 0 bridgehead atoms. The van der Waals surface area contributed by atoms with Crippen LogP contribution >= 0.6 is 0 Å². The minimum Gasteiger partial charge on any atom is -0.493 e. The van der Waals surface area contributed by atoms with Gasteiger partial charge >= 0.3 is 0 Å². The number of para-hydroxylation sites is 1.